The van der Waals surface area contributed by atoms with Crippen molar-refractivity contribution in [1.82, 2.24) is 15.1 Å². The van der Waals surface area contributed by atoms with Crippen molar-refractivity contribution in [3.8, 4) is 0 Å². The highest BCUT2D eigenvalue weighted by Crippen LogP contribution is 2.23. The lowest BCUT2D eigenvalue weighted by Gasteiger charge is -2.27. The van der Waals surface area contributed by atoms with Crippen molar-refractivity contribution in [1.29, 1.82) is 0 Å². The number of hydrogen-bond donors (Lipinski definition) is 1. The topological polar surface area (TPSA) is 48.7 Å². The van der Waals surface area contributed by atoms with Crippen molar-refractivity contribution in [2.24, 2.45) is 0 Å². The Bertz CT molecular complexity index is 566. The van der Waals surface area contributed by atoms with Crippen LogP contribution in [0.2, 0.25) is 0 Å². The van der Waals surface area contributed by atoms with E-state index in [0.29, 0.717) is 6.54 Å². The van der Waals surface area contributed by atoms with Gasteiger partial charge in [0.2, 0.25) is 0 Å². The minimum atomic E-state index is -0.0840. The fourth-order valence-electron chi connectivity index (χ4n) is 2.22. The molecule has 2 amide bonds. The molecule has 0 aromatic carbocycles. The molecule has 22 heavy (non-hydrogen) atoms. The van der Waals surface area contributed by atoms with Crippen molar-refractivity contribution in [3.05, 3.63) is 46.5 Å². The monoisotopic (exact) mass is 321 g/mol. The Hall–Kier alpha value is -1.79. The summed E-state index contributed by atoms with van der Waals surface area (Å²) in [5.41, 5.74) is 0. The van der Waals surface area contributed by atoms with Crippen LogP contribution in [0.5, 0.6) is 0 Å². The van der Waals surface area contributed by atoms with Gasteiger partial charge in [-0.15, -0.1) is 11.3 Å². The average Bonchev–Trinajstić information content (AvgIpc) is 3.18. The van der Waals surface area contributed by atoms with Gasteiger partial charge in [-0.25, -0.2) is 4.79 Å². The van der Waals surface area contributed by atoms with E-state index in [1.807, 2.05) is 62.6 Å². The molecule has 120 valence electrons. The normalized spacial score (nSPS) is 13.9. The summed E-state index contributed by atoms with van der Waals surface area (Å²) in [6, 6.07) is 7.82. The number of urea groups is 1. The molecule has 0 saturated heterocycles. The minimum Gasteiger partial charge on any atom is -0.468 e. The number of thiophene rings is 1. The van der Waals surface area contributed by atoms with E-state index in [9.17, 15) is 4.79 Å². The lowest BCUT2D eigenvalue weighted by Crippen LogP contribution is -2.42. The molecular formula is C16H23N3O2S. The average molecular weight is 321 g/mol. The van der Waals surface area contributed by atoms with Crippen molar-refractivity contribution in [3.63, 3.8) is 0 Å². The molecular weight excluding hydrogens is 298 g/mol. The van der Waals surface area contributed by atoms with Crippen molar-refractivity contribution < 1.29 is 9.21 Å². The highest BCUT2D eigenvalue weighted by molar-refractivity contribution is 7.10. The quantitative estimate of drug-likeness (QED) is 0.887. The zero-order valence-corrected chi connectivity index (χ0v) is 14.3. The molecule has 0 unspecified atom stereocenters. The zero-order chi connectivity index (χ0) is 16.1. The molecule has 0 radical (unpaired) electrons. The van der Waals surface area contributed by atoms with Crippen LogP contribution in [0.15, 0.2) is 40.3 Å². The number of carbonyl (C=O) groups excluding carboxylic acids is 1. The van der Waals surface area contributed by atoms with Crippen molar-refractivity contribution in [2.75, 3.05) is 27.7 Å². The molecule has 2 aromatic rings. The van der Waals surface area contributed by atoms with Gasteiger partial charge in [-0.3, -0.25) is 4.90 Å². The summed E-state index contributed by atoms with van der Waals surface area (Å²) in [5.74, 6) is 0.847. The van der Waals surface area contributed by atoms with Gasteiger partial charge in [0.15, 0.2) is 0 Å². The summed E-state index contributed by atoms with van der Waals surface area (Å²) in [6.07, 6.45) is 1.65. The van der Waals surface area contributed by atoms with Crippen molar-refractivity contribution in [2.45, 2.75) is 19.0 Å². The Morgan fingerprint density at radius 2 is 2.09 bits per heavy atom. The first-order valence-corrected chi connectivity index (χ1v) is 8.12. The molecule has 0 aliphatic carbocycles. The number of carbonyl (C=O) groups is 1. The first kappa shape index (κ1) is 16.6. The first-order chi connectivity index (χ1) is 10.5. The molecule has 0 spiro atoms. The maximum Gasteiger partial charge on any atom is 0.317 e. The van der Waals surface area contributed by atoms with Gasteiger partial charge in [0, 0.05) is 18.5 Å². The SMILES string of the molecule is C[C@H](c1cccs1)N(C)C(=O)NC[C@@H](c1ccco1)N(C)C. The molecule has 5 nitrogen and oxygen atoms in total. The Balaban J connectivity index is 1.93. The molecule has 2 rings (SSSR count). The fraction of sp³-hybridized carbons (Fsp3) is 0.438. The van der Waals surface area contributed by atoms with E-state index in [1.54, 1.807) is 22.5 Å². The summed E-state index contributed by atoms with van der Waals surface area (Å²) in [5, 5.41) is 5.01. The summed E-state index contributed by atoms with van der Waals surface area (Å²) < 4.78 is 5.45. The van der Waals surface area contributed by atoms with Gasteiger partial charge in [-0.05, 0) is 44.6 Å². The van der Waals surface area contributed by atoms with Crippen LogP contribution in [-0.4, -0.2) is 43.5 Å². The molecule has 0 saturated carbocycles. The smallest absolute Gasteiger partial charge is 0.317 e. The second-order valence-corrected chi connectivity index (χ2v) is 6.46. The van der Waals surface area contributed by atoms with Gasteiger partial charge < -0.3 is 14.6 Å². The lowest BCUT2D eigenvalue weighted by atomic mass is 10.2. The van der Waals surface area contributed by atoms with Crippen LogP contribution in [-0.2, 0) is 0 Å². The molecule has 1 N–H and O–H groups in total. The van der Waals surface area contributed by atoms with Gasteiger partial charge in [0.25, 0.3) is 0 Å². The van der Waals surface area contributed by atoms with E-state index >= 15 is 0 Å². The number of nitrogens with one attached hydrogen (secondary N) is 1. The van der Waals surface area contributed by atoms with E-state index in [0.717, 1.165) is 5.76 Å². The second-order valence-electron chi connectivity index (χ2n) is 5.48. The zero-order valence-electron chi connectivity index (χ0n) is 13.4. The Morgan fingerprint density at radius 1 is 1.32 bits per heavy atom. The lowest BCUT2D eigenvalue weighted by molar-refractivity contribution is 0.187. The molecule has 2 atom stereocenters. The van der Waals surface area contributed by atoms with E-state index in [2.05, 4.69) is 5.32 Å². The predicted octanol–water partition coefficient (Wildman–Crippen LogP) is 3.35. The number of furan rings is 1. The van der Waals surface area contributed by atoms with Crippen LogP contribution >= 0.6 is 11.3 Å². The first-order valence-electron chi connectivity index (χ1n) is 7.24. The van der Waals surface area contributed by atoms with Gasteiger partial charge in [-0.2, -0.15) is 0 Å². The van der Waals surface area contributed by atoms with Crippen LogP contribution in [0.4, 0.5) is 4.79 Å². The Kier molecular flexibility index (Phi) is 5.63. The third kappa shape index (κ3) is 3.90. The summed E-state index contributed by atoms with van der Waals surface area (Å²) >= 11 is 1.66. The largest absolute Gasteiger partial charge is 0.468 e. The number of nitrogens with zero attached hydrogens (tertiary/aromatic N) is 2. The van der Waals surface area contributed by atoms with E-state index < -0.39 is 0 Å². The molecule has 0 bridgehead atoms. The highest BCUT2D eigenvalue weighted by atomic mass is 32.1. The van der Waals surface area contributed by atoms with Crippen LogP contribution in [0, 0.1) is 0 Å². The van der Waals surface area contributed by atoms with Crippen LogP contribution in [0.25, 0.3) is 0 Å². The third-order valence-electron chi connectivity index (χ3n) is 3.80. The maximum absolute atomic E-state index is 12.3. The molecule has 6 heteroatoms. The summed E-state index contributed by atoms with van der Waals surface area (Å²) in [4.78, 5) is 17.3. The van der Waals surface area contributed by atoms with E-state index in [1.165, 1.54) is 4.88 Å². The standard InChI is InChI=1S/C16H23N3O2S/c1-12(15-8-6-10-22-15)19(4)16(20)17-11-13(18(2)3)14-7-5-9-21-14/h5-10,12-13H,11H2,1-4H3,(H,17,20)/t12-,13+/m1/s1. The summed E-state index contributed by atoms with van der Waals surface area (Å²) in [7, 11) is 5.76. The van der Waals surface area contributed by atoms with Gasteiger partial charge in [0.05, 0.1) is 18.3 Å². The van der Waals surface area contributed by atoms with Crippen LogP contribution in [0.1, 0.15) is 29.6 Å². The fourth-order valence-corrected chi connectivity index (χ4v) is 3.05. The Labute approximate surface area is 135 Å². The highest BCUT2D eigenvalue weighted by Gasteiger charge is 2.21. The number of likely N-dealkylation sites (N-methyl/N-ethyl adjacent to an activating group) is 1. The van der Waals surface area contributed by atoms with Gasteiger partial charge >= 0.3 is 6.03 Å². The molecule has 0 aliphatic heterocycles. The maximum atomic E-state index is 12.3. The van der Waals surface area contributed by atoms with Gasteiger partial charge in [0.1, 0.15) is 5.76 Å². The molecule has 0 fully saturated rings. The Morgan fingerprint density at radius 3 is 2.64 bits per heavy atom. The number of rotatable bonds is 6. The second kappa shape index (κ2) is 7.47. The molecule has 2 heterocycles. The number of amides is 2. The van der Waals surface area contributed by atoms with Crippen LogP contribution in [0.3, 0.4) is 0 Å². The minimum absolute atomic E-state index is 0.0180. The third-order valence-corrected chi connectivity index (χ3v) is 4.84. The predicted molar refractivity (Wildman–Crippen MR) is 89.0 cm³/mol. The summed E-state index contributed by atoms with van der Waals surface area (Å²) in [6.45, 7) is 2.53. The number of hydrogen-bond acceptors (Lipinski definition) is 4. The van der Waals surface area contributed by atoms with E-state index in [-0.39, 0.29) is 18.1 Å². The molecule has 2 aromatic heterocycles. The van der Waals surface area contributed by atoms with Crippen molar-refractivity contribution >= 4 is 17.4 Å². The van der Waals surface area contributed by atoms with Gasteiger partial charge in [-0.1, -0.05) is 6.07 Å². The van der Waals surface area contributed by atoms with Crippen LogP contribution < -0.4 is 5.32 Å². The molecule has 0 aliphatic rings. The van der Waals surface area contributed by atoms with E-state index in [4.69, 9.17) is 4.42 Å².